The number of sulfone groups is 1. The van der Waals surface area contributed by atoms with E-state index in [1.54, 1.807) is 55.6 Å². The Balaban J connectivity index is 1.80. The first-order valence-electron chi connectivity index (χ1n) is 7.42. The van der Waals surface area contributed by atoms with Crippen molar-refractivity contribution in [1.82, 2.24) is 0 Å². The number of benzene rings is 3. The van der Waals surface area contributed by atoms with Gasteiger partial charge in [-0.2, -0.15) is 0 Å². The third-order valence-corrected chi connectivity index (χ3v) is 5.59. The molecule has 0 N–H and O–H groups in total. The maximum atomic E-state index is 12.6. The number of ether oxygens (including phenoxy) is 2. The van der Waals surface area contributed by atoms with Gasteiger partial charge in [-0.3, -0.25) is 0 Å². The van der Waals surface area contributed by atoms with Gasteiger partial charge in [0.1, 0.15) is 17.2 Å². The Bertz CT molecular complexity index is 948. The smallest absolute Gasteiger partial charge is 0.206 e. The van der Waals surface area contributed by atoms with E-state index in [1.807, 2.05) is 0 Å². The molecular weight excluding hydrogens is 360 g/mol. The SMILES string of the molecule is COc1ccc(Oc2ccc(S(=O)(=O)c3ccc(Cl)cc3)cc2)cc1. The molecule has 3 aromatic carbocycles. The predicted octanol–water partition coefficient (Wildman–Crippen LogP) is 4.97. The average molecular weight is 375 g/mol. The van der Waals surface area contributed by atoms with E-state index in [-0.39, 0.29) is 9.79 Å². The Morgan fingerprint density at radius 2 is 1.08 bits per heavy atom. The van der Waals surface area contributed by atoms with Crippen molar-refractivity contribution in [2.45, 2.75) is 9.79 Å². The highest BCUT2D eigenvalue weighted by Crippen LogP contribution is 2.27. The zero-order valence-electron chi connectivity index (χ0n) is 13.3. The highest BCUT2D eigenvalue weighted by Gasteiger charge is 2.17. The van der Waals surface area contributed by atoms with E-state index >= 15 is 0 Å². The van der Waals surface area contributed by atoms with Gasteiger partial charge in [0.15, 0.2) is 0 Å². The van der Waals surface area contributed by atoms with Crippen molar-refractivity contribution in [3.63, 3.8) is 0 Å². The number of hydrogen-bond acceptors (Lipinski definition) is 4. The minimum atomic E-state index is -3.59. The average Bonchev–Trinajstić information content (AvgIpc) is 2.63. The molecule has 0 aliphatic heterocycles. The summed E-state index contributed by atoms with van der Waals surface area (Å²) in [5, 5.41) is 0.488. The second-order valence-electron chi connectivity index (χ2n) is 5.21. The number of halogens is 1. The molecule has 3 aromatic rings. The third-order valence-electron chi connectivity index (χ3n) is 3.55. The van der Waals surface area contributed by atoms with Gasteiger partial charge in [0.2, 0.25) is 9.84 Å². The van der Waals surface area contributed by atoms with Crippen LogP contribution in [0.2, 0.25) is 5.02 Å². The summed E-state index contributed by atoms with van der Waals surface area (Å²) in [5.41, 5.74) is 0. The standard InChI is InChI=1S/C19H15ClO4S/c1-23-15-4-6-16(7-5-15)24-17-8-12-19(13-9-17)25(21,22)18-10-2-14(20)3-11-18/h2-13H,1H3. The zero-order valence-corrected chi connectivity index (χ0v) is 14.9. The molecule has 4 nitrogen and oxygen atoms in total. The molecule has 0 fully saturated rings. The lowest BCUT2D eigenvalue weighted by molar-refractivity contribution is 0.413. The largest absolute Gasteiger partial charge is 0.497 e. The summed E-state index contributed by atoms with van der Waals surface area (Å²) in [6.07, 6.45) is 0. The van der Waals surface area contributed by atoms with E-state index in [9.17, 15) is 8.42 Å². The van der Waals surface area contributed by atoms with Gasteiger partial charge < -0.3 is 9.47 Å². The van der Waals surface area contributed by atoms with Gasteiger partial charge in [-0.25, -0.2) is 8.42 Å². The molecule has 0 aromatic heterocycles. The topological polar surface area (TPSA) is 52.6 Å². The van der Waals surface area contributed by atoms with E-state index in [0.717, 1.165) is 5.75 Å². The molecule has 0 aliphatic rings. The minimum absolute atomic E-state index is 0.192. The molecule has 0 atom stereocenters. The van der Waals surface area contributed by atoms with Crippen molar-refractivity contribution in [3.8, 4) is 17.2 Å². The summed E-state index contributed by atoms with van der Waals surface area (Å²) in [6, 6.07) is 19.5. The fraction of sp³-hybridized carbons (Fsp3) is 0.0526. The normalized spacial score (nSPS) is 11.1. The lowest BCUT2D eigenvalue weighted by atomic mass is 10.3. The van der Waals surface area contributed by atoms with Gasteiger partial charge in [-0.05, 0) is 72.8 Å². The maximum Gasteiger partial charge on any atom is 0.206 e. The molecule has 0 unspecified atom stereocenters. The lowest BCUT2D eigenvalue weighted by Gasteiger charge is -2.08. The predicted molar refractivity (Wildman–Crippen MR) is 96.4 cm³/mol. The minimum Gasteiger partial charge on any atom is -0.497 e. The van der Waals surface area contributed by atoms with Crippen LogP contribution >= 0.6 is 11.6 Å². The van der Waals surface area contributed by atoms with E-state index in [4.69, 9.17) is 21.1 Å². The van der Waals surface area contributed by atoms with Crippen LogP contribution in [0.5, 0.6) is 17.2 Å². The van der Waals surface area contributed by atoms with Crippen LogP contribution in [-0.2, 0) is 9.84 Å². The molecule has 0 spiro atoms. The van der Waals surface area contributed by atoms with Crippen molar-refractivity contribution < 1.29 is 17.9 Å². The van der Waals surface area contributed by atoms with Crippen LogP contribution in [0.3, 0.4) is 0 Å². The molecule has 128 valence electrons. The van der Waals surface area contributed by atoms with E-state index in [2.05, 4.69) is 0 Å². The summed E-state index contributed by atoms with van der Waals surface area (Å²) < 4.78 is 36.0. The molecule has 0 saturated carbocycles. The molecule has 0 aliphatic carbocycles. The van der Waals surface area contributed by atoms with Crippen molar-refractivity contribution in [1.29, 1.82) is 0 Å². The lowest BCUT2D eigenvalue weighted by Crippen LogP contribution is -2.01. The van der Waals surface area contributed by atoms with Crippen molar-refractivity contribution in [3.05, 3.63) is 77.8 Å². The van der Waals surface area contributed by atoms with Gasteiger partial charge in [0.05, 0.1) is 16.9 Å². The first-order chi connectivity index (χ1) is 12.0. The molecular formula is C19H15ClO4S. The van der Waals surface area contributed by atoms with Gasteiger partial charge in [0.25, 0.3) is 0 Å². The van der Waals surface area contributed by atoms with Gasteiger partial charge in [-0.15, -0.1) is 0 Å². The molecule has 6 heteroatoms. The molecule has 0 saturated heterocycles. The van der Waals surface area contributed by atoms with Gasteiger partial charge in [-0.1, -0.05) is 11.6 Å². The quantitative estimate of drug-likeness (QED) is 0.632. The molecule has 0 bridgehead atoms. The molecule has 0 heterocycles. The van der Waals surface area contributed by atoms with Gasteiger partial charge in [0, 0.05) is 5.02 Å². The summed E-state index contributed by atoms with van der Waals surface area (Å²) in [6.45, 7) is 0. The summed E-state index contributed by atoms with van der Waals surface area (Å²) in [5.74, 6) is 1.91. The molecule has 25 heavy (non-hydrogen) atoms. The molecule has 3 rings (SSSR count). The van der Waals surface area contributed by atoms with Crippen LogP contribution in [0.15, 0.2) is 82.6 Å². The van der Waals surface area contributed by atoms with Crippen LogP contribution in [0.4, 0.5) is 0 Å². The van der Waals surface area contributed by atoms with Crippen LogP contribution in [0.1, 0.15) is 0 Å². The van der Waals surface area contributed by atoms with Crippen LogP contribution in [0.25, 0.3) is 0 Å². The third kappa shape index (κ3) is 3.95. The maximum absolute atomic E-state index is 12.6. The Hall–Kier alpha value is -2.50. The van der Waals surface area contributed by atoms with Crippen LogP contribution in [0, 0.1) is 0 Å². The van der Waals surface area contributed by atoms with Crippen molar-refractivity contribution in [2.75, 3.05) is 7.11 Å². The van der Waals surface area contributed by atoms with Gasteiger partial charge >= 0.3 is 0 Å². The first-order valence-corrected chi connectivity index (χ1v) is 9.28. The van der Waals surface area contributed by atoms with Crippen molar-refractivity contribution >= 4 is 21.4 Å². The second-order valence-corrected chi connectivity index (χ2v) is 7.59. The highest BCUT2D eigenvalue weighted by molar-refractivity contribution is 7.91. The number of rotatable bonds is 5. The fourth-order valence-electron chi connectivity index (χ4n) is 2.22. The Morgan fingerprint density at radius 1 is 0.680 bits per heavy atom. The summed E-state index contributed by atoms with van der Waals surface area (Å²) in [4.78, 5) is 0.387. The van der Waals surface area contributed by atoms with E-state index in [0.29, 0.717) is 16.5 Å². The fourth-order valence-corrected chi connectivity index (χ4v) is 3.60. The number of hydrogen-bond donors (Lipinski definition) is 0. The first kappa shape index (κ1) is 17.3. The van der Waals surface area contributed by atoms with Crippen LogP contribution < -0.4 is 9.47 Å². The van der Waals surface area contributed by atoms with E-state index in [1.165, 1.54) is 24.3 Å². The van der Waals surface area contributed by atoms with E-state index < -0.39 is 9.84 Å². The second kappa shape index (κ2) is 7.17. The monoisotopic (exact) mass is 374 g/mol. The van der Waals surface area contributed by atoms with Crippen molar-refractivity contribution in [2.24, 2.45) is 0 Å². The van der Waals surface area contributed by atoms with Crippen LogP contribution in [-0.4, -0.2) is 15.5 Å². The molecule has 0 radical (unpaired) electrons. The Morgan fingerprint density at radius 3 is 1.56 bits per heavy atom. The highest BCUT2D eigenvalue weighted by atomic mass is 35.5. The Kier molecular flexibility index (Phi) is 4.97. The summed E-state index contributed by atoms with van der Waals surface area (Å²) >= 11 is 5.81. The zero-order chi connectivity index (χ0) is 17.9. The number of methoxy groups -OCH3 is 1. The summed E-state index contributed by atoms with van der Waals surface area (Å²) in [7, 11) is -1.99. The Labute approximate surface area is 151 Å². The molecule has 0 amide bonds.